The van der Waals surface area contributed by atoms with Crippen LogP contribution in [0.3, 0.4) is 0 Å². The van der Waals surface area contributed by atoms with Gasteiger partial charge in [-0.1, -0.05) is 42.5 Å². The molecule has 24 heavy (non-hydrogen) atoms. The van der Waals surface area contributed by atoms with Crippen molar-refractivity contribution in [3.8, 4) is 0 Å². The van der Waals surface area contributed by atoms with Gasteiger partial charge in [0.25, 0.3) is 0 Å². The van der Waals surface area contributed by atoms with Crippen LogP contribution >= 0.6 is 11.8 Å². The Morgan fingerprint density at radius 1 is 0.917 bits per heavy atom. The molecule has 1 nitrogen and oxygen atoms in total. The molecular weight excluding hydrogens is 319 g/mol. The molecular formula is C21H17FOS. The zero-order valence-corrected chi connectivity index (χ0v) is 14.1. The second-order valence-corrected chi connectivity index (χ2v) is 6.64. The lowest BCUT2D eigenvalue weighted by Gasteiger charge is -2.05. The Morgan fingerprint density at radius 2 is 1.58 bits per heavy atom. The van der Waals surface area contributed by atoms with Crippen LogP contribution < -0.4 is 0 Å². The number of ketones is 1. The smallest absolute Gasteiger partial charge is 0.193 e. The van der Waals surface area contributed by atoms with E-state index < -0.39 is 0 Å². The third kappa shape index (κ3) is 3.92. The summed E-state index contributed by atoms with van der Waals surface area (Å²) in [6, 6.07) is 22.3. The van der Waals surface area contributed by atoms with Crippen LogP contribution in [0.1, 0.15) is 27.0 Å². The van der Waals surface area contributed by atoms with Crippen LogP contribution in [0.25, 0.3) is 0 Å². The van der Waals surface area contributed by atoms with Gasteiger partial charge < -0.3 is 0 Å². The van der Waals surface area contributed by atoms with E-state index in [0.717, 1.165) is 10.6 Å². The summed E-state index contributed by atoms with van der Waals surface area (Å²) in [4.78, 5) is 13.5. The first-order valence-corrected chi connectivity index (χ1v) is 8.70. The number of rotatable bonds is 5. The molecule has 0 saturated carbocycles. The van der Waals surface area contributed by atoms with Gasteiger partial charge in [0.15, 0.2) is 5.78 Å². The molecule has 3 aromatic carbocycles. The third-order valence-corrected chi connectivity index (χ3v) is 4.88. The van der Waals surface area contributed by atoms with Gasteiger partial charge in [0.1, 0.15) is 5.82 Å². The van der Waals surface area contributed by atoms with Crippen molar-refractivity contribution in [2.75, 3.05) is 0 Å². The summed E-state index contributed by atoms with van der Waals surface area (Å²) in [5.74, 6) is 0.376. The monoisotopic (exact) mass is 336 g/mol. The Balaban J connectivity index is 1.69. The van der Waals surface area contributed by atoms with E-state index in [-0.39, 0.29) is 11.6 Å². The Labute approximate surface area is 145 Å². The molecule has 3 rings (SSSR count). The summed E-state index contributed by atoms with van der Waals surface area (Å²) in [6.07, 6.45) is 0. The molecule has 0 saturated heterocycles. The van der Waals surface area contributed by atoms with Crippen molar-refractivity contribution >= 4 is 17.5 Å². The molecule has 3 aromatic rings. The van der Waals surface area contributed by atoms with Gasteiger partial charge in [-0.15, -0.1) is 11.8 Å². The summed E-state index contributed by atoms with van der Waals surface area (Å²) >= 11 is 1.72. The third-order valence-electron chi connectivity index (χ3n) is 3.80. The van der Waals surface area contributed by atoms with Gasteiger partial charge in [0, 0.05) is 21.8 Å². The molecule has 0 aliphatic heterocycles. The maximum atomic E-state index is 13.6. The predicted octanol–water partition coefficient (Wildman–Crippen LogP) is 5.66. The van der Waals surface area contributed by atoms with Crippen LogP contribution in [0.4, 0.5) is 4.39 Å². The standard InChI is InChI=1S/C21H17FOS/c1-15-7-8-18(13-20(15)22)21(23)17-9-11-19(12-10-17)24-14-16-5-3-2-4-6-16/h2-13H,14H2,1H3. The number of aryl methyl sites for hydroxylation is 1. The molecule has 0 N–H and O–H groups in total. The van der Waals surface area contributed by atoms with E-state index in [1.54, 1.807) is 43.0 Å². The lowest BCUT2D eigenvalue weighted by Crippen LogP contribution is -2.02. The fourth-order valence-electron chi connectivity index (χ4n) is 2.34. The minimum atomic E-state index is -0.351. The zero-order chi connectivity index (χ0) is 16.9. The highest BCUT2D eigenvalue weighted by Gasteiger charge is 2.11. The van der Waals surface area contributed by atoms with Crippen molar-refractivity contribution in [3.05, 3.63) is 101 Å². The highest BCUT2D eigenvalue weighted by atomic mass is 32.2. The van der Waals surface area contributed by atoms with Crippen LogP contribution in [-0.4, -0.2) is 5.78 Å². The van der Waals surface area contributed by atoms with Crippen LogP contribution in [0.15, 0.2) is 77.7 Å². The van der Waals surface area contributed by atoms with Crippen LogP contribution in [0.2, 0.25) is 0 Å². The molecule has 0 aliphatic rings. The van der Waals surface area contributed by atoms with E-state index in [0.29, 0.717) is 16.7 Å². The van der Waals surface area contributed by atoms with Crippen LogP contribution in [0, 0.1) is 12.7 Å². The lowest BCUT2D eigenvalue weighted by atomic mass is 10.0. The van der Waals surface area contributed by atoms with Crippen LogP contribution in [0.5, 0.6) is 0 Å². The Bertz CT molecular complexity index is 841. The predicted molar refractivity (Wildman–Crippen MR) is 97.0 cm³/mol. The number of carbonyl (C=O) groups is 1. The maximum absolute atomic E-state index is 13.6. The van der Waals surface area contributed by atoms with Gasteiger partial charge >= 0.3 is 0 Å². The fraction of sp³-hybridized carbons (Fsp3) is 0.0952. The van der Waals surface area contributed by atoms with Crippen molar-refractivity contribution < 1.29 is 9.18 Å². The highest BCUT2D eigenvalue weighted by Crippen LogP contribution is 2.24. The van der Waals surface area contributed by atoms with Gasteiger partial charge in [-0.3, -0.25) is 4.79 Å². The van der Waals surface area contributed by atoms with E-state index in [1.807, 2.05) is 30.3 Å². The van der Waals surface area contributed by atoms with Gasteiger partial charge in [-0.2, -0.15) is 0 Å². The molecule has 0 bridgehead atoms. The molecule has 0 amide bonds. The molecule has 0 unspecified atom stereocenters. The summed E-state index contributed by atoms with van der Waals surface area (Å²) < 4.78 is 13.6. The lowest BCUT2D eigenvalue weighted by molar-refractivity contribution is 0.103. The average Bonchev–Trinajstić information content (AvgIpc) is 2.63. The zero-order valence-electron chi connectivity index (χ0n) is 13.3. The van der Waals surface area contributed by atoms with Crippen LogP contribution in [-0.2, 0) is 5.75 Å². The summed E-state index contributed by atoms with van der Waals surface area (Å²) in [6.45, 7) is 1.68. The number of halogens is 1. The first-order valence-electron chi connectivity index (χ1n) is 7.71. The number of benzene rings is 3. The molecule has 0 radical (unpaired) electrons. The van der Waals surface area contributed by atoms with E-state index in [4.69, 9.17) is 0 Å². The number of carbonyl (C=O) groups excluding carboxylic acids is 1. The van der Waals surface area contributed by atoms with Gasteiger partial charge in [0.2, 0.25) is 0 Å². The topological polar surface area (TPSA) is 17.1 Å². The van der Waals surface area contributed by atoms with Crippen molar-refractivity contribution in [3.63, 3.8) is 0 Å². The van der Waals surface area contributed by atoms with Crippen molar-refractivity contribution in [1.29, 1.82) is 0 Å². The maximum Gasteiger partial charge on any atom is 0.193 e. The summed E-state index contributed by atoms with van der Waals surface area (Å²) in [5.41, 5.74) is 2.75. The average molecular weight is 336 g/mol. The number of hydrogen-bond donors (Lipinski definition) is 0. The van der Waals surface area contributed by atoms with E-state index in [2.05, 4.69) is 12.1 Å². The second kappa shape index (κ2) is 7.45. The molecule has 0 spiro atoms. The van der Waals surface area contributed by atoms with E-state index >= 15 is 0 Å². The van der Waals surface area contributed by atoms with Crippen molar-refractivity contribution in [2.45, 2.75) is 17.6 Å². The molecule has 3 heteroatoms. The second-order valence-electron chi connectivity index (χ2n) is 5.59. The highest BCUT2D eigenvalue weighted by molar-refractivity contribution is 7.98. The normalized spacial score (nSPS) is 10.6. The first-order chi connectivity index (χ1) is 11.6. The Morgan fingerprint density at radius 3 is 2.25 bits per heavy atom. The quantitative estimate of drug-likeness (QED) is 0.442. The fourth-order valence-corrected chi connectivity index (χ4v) is 3.20. The van der Waals surface area contributed by atoms with Crippen molar-refractivity contribution in [2.24, 2.45) is 0 Å². The Hall–Kier alpha value is -2.39. The van der Waals surface area contributed by atoms with E-state index in [1.165, 1.54) is 11.6 Å². The molecule has 120 valence electrons. The SMILES string of the molecule is Cc1ccc(C(=O)c2ccc(SCc3ccccc3)cc2)cc1F. The number of thioether (sulfide) groups is 1. The van der Waals surface area contributed by atoms with Crippen molar-refractivity contribution in [1.82, 2.24) is 0 Å². The molecule has 0 atom stereocenters. The summed E-state index contributed by atoms with van der Waals surface area (Å²) in [7, 11) is 0. The molecule has 0 heterocycles. The largest absolute Gasteiger partial charge is 0.289 e. The molecule has 0 aromatic heterocycles. The summed E-state index contributed by atoms with van der Waals surface area (Å²) in [5, 5.41) is 0. The van der Waals surface area contributed by atoms with E-state index in [9.17, 15) is 9.18 Å². The number of hydrogen-bond acceptors (Lipinski definition) is 2. The Kier molecular flexibility index (Phi) is 5.11. The molecule has 0 fully saturated rings. The van der Waals surface area contributed by atoms with Gasteiger partial charge in [-0.25, -0.2) is 4.39 Å². The minimum Gasteiger partial charge on any atom is -0.289 e. The molecule has 0 aliphatic carbocycles. The van der Waals surface area contributed by atoms with Gasteiger partial charge in [0.05, 0.1) is 0 Å². The minimum absolute atomic E-state index is 0.159. The van der Waals surface area contributed by atoms with Gasteiger partial charge in [-0.05, 0) is 48.4 Å². The first kappa shape index (κ1) is 16.5.